The number of esters is 1. The largest absolute Gasteiger partial charge is 0.481 e. The van der Waals surface area contributed by atoms with E-state index in [-0.39, 0.29) is 30.3 Å². The molecule has 0 radical (unpaired) electrons. The average molecular weight is 350 g/mol. The van der Waals surface area contributed by atoms with E-state index in [0.29, 0.717) is 15.5 Å². The highest BCUT2D eigenvalue weighted by Crippen LogP contribution is 2.27. The molecular weight excluding hydrogens is 338 g/mol. The Labute approximate surface area is 142 Å². The lowest BCUT2D eigenvalue weighted by Gasteiger charge is -2.10. The summed E-state index contributed by atoms with van der Waals surface area (Å²) in [5.41, 5.74) is 0.641. The zero-order valence-corrected chi connectivity index (χ0v) is 13.7. The SMILES string of the molecule is CCOC(=O)COc1ccc(Cl)cc1C(=O)c1cc(C#N)cs1. The highest BCUT2D eigenvalue weighted by molar-refractivity contribution is 7.12. The molecule has 7 heteroatoms. The van der Waals surface area contributed by atoms with Crippen molar-refractivity contribution in [2.75, 3.05) is 13.2 Å². The van der Waals surface area contributed by atoms with Crippen LogP contribution in [0.3, 0.4) is 0 Å². The molecule has 0 aliphatic carbocycles. The first-order chi connectivity index (χ1) is 11.0. The number of benzene rings is 1. The lowest BCUT2D eigenvalue weighted by Crippen LogP contribution is -2.16. The van der Waals surface area contributed by atoms with Crippen molar-refractivity contribution in [2.24, 2.45) is 0 Å². The fraction of sp³-hybridized carbons (Fsp3) is 0.188. The molecule has 118 valence electrons. The Balaban J connectivity index is 2.26. The van der Waals surface area contributed by atoms with Gasteiger partial charge in [0.25, 0.3) is 0 Å². The maximum Gasteiger partial charge on any atom is 0.344 e. The van der Waals surface area contributed by atoms with Crippen LogP contribution in [-0.2, 0) is 9.53 Å². The third-order valence-corrected chi connectivity index (χ3v) is 3.95. The summed E-state index contributed by atoms with van der Waals surface area (Å²) in [6.07, 6.45) is 0. The minimum atomic E-state index is -0.524. The maximum absolute atomic E-state index is 12.6. The third-order valence-electron chi connectivity index (χ3n) is 2.79. The normalized spacial score (nSPS) is 9.96. The summed E-state index contributed by atoms with van der Waals surface area (Å²) in [4.78, 5) is 24.3. The molecule has 0 aliphatic rings. The number of nitrogens with zero attached hydrogens (tertiary/aromatic N) is 1. The second-order valence-corrected chi connectivity index (χ2v) is 5.72. The highest BCUT2D eigenvalue weighted by Gasteiger charge is 2.18. The number of hydrogen-bond acceptors (Lipinski definition) is 6. The molecule has 0 unspecified atom stereocenters. The predicted molar refractivity (Wildman–Crippen MR) is 86.0 cm³/mol. The Bertz CT molecular complexity index is 779. The molecule has 1 aromatic carbocycles. The van der Waals surface area contributed by atoms with Crippen LogP contribution < -0.4 is 4.74 Å². The van der Waals surface area contributed by atoms with Crippen molar-refractivity contribution in [2.45, 2.75) is 6.92 Å². The standard InChI is InChI=1S/C16H12ClNO4S/c1-2-21-15(19)8-22-13-4-3-11(17)6-12(13)16(20)14-5-10(7-18)9-23-14/h3-6,9H,2,8H2,1H3. The Morgan fingerprint density at radius 1 is 1.35 bits per heavy atom. The first-order valence-electron chi connectivity index (χ1n) is 6.66. The molecule has 23 heavy (non-hydrogen) atoms. The summed E-state index contributed by atoms with van der Waals surface area (Å²) in [7, 11) is 0. The van der Waals surface area contributed by atoms with Gasteiger partial charge in [0, 0.05) is 10.4 Å². The smallest absolute Gasteiger partial charge is 0.344 e. The van der Waals surface area contributed by atoms with Crippen LogP contribution in [0.25, 0.3) is 0 Å². The van der Waals surface area contributed by atoms with Gasteiger partial charge in [0.05, 0.1) is 22.6 Å². The van der Waals surface area contributed by atoms with Crippen LogP contribution in [0.2, 0.25) is 5.02 Å². The van der Waals surface area contributed by atoms with Crippen molar-refractivity contribution >= 4 is 34.7 Å². The Morgan fingerprint density at radius 3 is 2.78 bits per heavy atom. The van der Waals surface area contributed by atoms with Crippen molar-refractivity contribution in [3.05, 3.63) is 50.7 Å². The molecule has 0 saturated carbocycles. The molecular formula is C16H12ClNO4S. The van der Waals surface area contributed by atoms with Gasteiger partial charge < -0.3 is 9.47 Å². The number of thiophene rings is 1. The van der Waals surface area contributed by atoms with Crippen LogP contribution in [0.4, 0.5) is 0 Å². The molecule has 1 aromatic heterocycles. The number of carbonyl (C=O) groups is 2. The van der Waals surface area contributed by atoms with Gasteiger partial charge in [-0.3, -0.25) is 4.79 Å². The Morgan fingerprint density at radius 2 is 2.13 bits per heavy atom. The third kappa shape index (κ3) is 4.31. The van der Waals surface area contributed by atoms with Gasteiger partial charge in [-0.05, 0) is 31.2 Å². The summed E-state index contributed by atoms with van der Waals surface area (Å²) < 4.78 is 10.1. The van der Waals surface area contributed by atoms with Gasteiger partial charge in [-0.15, -0.1) is 11.3 Å². The molecule has 0 atom stereocenters. The Kier molecular flexibility index (Phi) is 5.74. The average Bonchev–Trinajstić information content (AvgIpc) is 3.02. The number of ether oxygens (including phenoxy) is 2. The summed E-state index contributed by atoms with van der Waals surface area (Å²) in [6, 6.07) is 8.03. The fourth-order valence-electron chi connectivity index (χ4n) is 1.79. The summed E-state index contributed by atoms with van der Waals surface area (Å²) in [6.45, 7) is 1.64. The predicted octanol–water partition coefficient (Wildman–Crippen LogP) is 3.45. The monoisotopic (exact) mass is 349 g/mol. The quantitative estimate of drug-likeness (QED) is 0.589. The van der Waals surface area contributed by atoms with Gasteiger partial charge in [-0.1, -0.05) is 11.6 Å². The first kappa shape index (κ1) is 17.0. The van der Waals surface area contributed by atoms with Crippen LogP contribution in [0.15, 0.2) is 29.6 Å². The zero-order chi connectivity index (χ0) is 16.8. The molecule has 5 nitrogen and oxygen atoms in total. The number of hydrogen-bond donors (Lipinski definition) is 0. The van der Waals surface area contributed by atoms with Crippen LogP contribution >= 0.6 is 22.9 Å². The number of ketones is 1. The number of halogens is 1. The number of rotatable bonds is 6. The van der Waals surface area contributed by atoms with Crippen molar-refractivity contribution < 1.29 is 19.1 Å². The molecule has 0 aliphatic heterocycles. The van der Waals surface area contributed by atoms with Gasteiger partial charge in [0.1, 0.15) is 11.8 Å². The molecule has 1 heterocycles. The molecule has 0 amide bonds. The van der Waals surface area contributed by atoms with E-state index in [1.165, 1.54) is 18.2 Å². The second kappa shape index (κ2) is 7.77. The van der Waals surface area contributed by atoms with Gasteiger partial charge >= 0.3 is 5.97 Å². The van der Waals surface area contributed by atoms with Gasteiger partial charge in [-0.2, -0.15) is 5.26 Å². The van der Waals surface area contributed by atoms with Crippen LogP contribution in [0, 0.1) is 11.3 Å². The fourth-order valence-corrected chi connectivity index (χ4v) is 2.75. The van der Waals surface area contributed by atoms with Crippen LogP contribution in [-0.4, -0.2) is 25.0 Å². The molecule has 2 aromatic rings. The molecule has 0 saturated heterocycles. The van der Waals surface area contributed by atoms with E-state index < -0.39 is 5.97 Å². The van der Waals surface area contributed by atoms with Crippen molar-refractivity contribution in [3.8, 4) is 11.8 Å². The first-order valence-corrected chi connectivity index (χ1v) is 7.92. The van der Waals surface area contributed by atoms with E-state index in [2.05, 4.69) is 0 Å². The van der Waals surface area contributed by atoms with Crippen molar-refractivity contribution in [1.29, 1.82) is 5.26 Å². The van der Waals surface area contributed by atoms with E-state index in [1.807, 2.05) is 6.07 Å². The molecule has 0 spiro atoms. The molecule has 2 rings (SSSR count). The van der Waals surface area contributed by atoms with Crippen LogP contribution in [0.1, 0.15) is 27.7 Å². The summed E-state index contributed by atoms with van der Waals surface area (Å²) >= 11 is 7.11. The lowest BCUT2D eigenvalue weighted by molar-refractivity contribution is -0.145. The second-order valence-electron chi connectivity index (χ2n) is 4.37. The van der Waals surface area contributed by atoms with Crippen molar-refractivity contribution in [3.63, 3.8) is 0 Å². The van der Waals surface area contributed by atoms with Crippen molar-refractivity contribution in [1.82, 2.24) is 0 Å². The summed E-state index contributed by atoms with van der Waals surface area (Å²) in [5.74, 6) is -0.610. The van der Waals surface area contributed by atoms with E-state index in [0.717, 1.165) is 11.3 Å². The zero-order valence-electron chi connectivity index (χ0n) is 12.2. The van der Waals surface area contributed by atoms with E-state index in [1.54, 1.807) is 18.4 Å². The number of carbonyl (C=O) groups excluding carboxylic acids is 2. The van der Waals surface area contributed by atoms with Gasteiger partial charge in [0.2, 0.25) is 5.78 Å². The molecule has 0 bridgehead atoms. The minimum absolute atomic E-state index is 0.230. The lowest BCUT2D eigenvalue weighted by atomic mass is 10.1. The molecule has 0 fully saturated rings. The topological polar surface area (TPSA) is 76.4 Å². The van der Waals surface area contributed by atoms with Crippen LogP contribution in [0.5, 0.6) is 5.75 Å². The van der Waals surface area contributed by atoms with E-state index >= 15 is 0 Å². The van der Waals surface area contributed by atoms with Gasteiger partial charge in [-0.25, -0.2) is 4.79 Å². The Hall–Kier alpha value is -2.36. The maximum atomic E-state index is 12.6. The highest BCUT2D eigenvalue weighted by atomic mass is 35.5. The minimum Gasteiger partial charge on any atom is -0.481 e. The van der Waals surface area contributed by atoms with E-state index in [4.69, 9.17) is 26.3 Å². The summed E-state index contributed by atoms with van der Waals surface area (Å²) in [5, 5.41) is 10.8. The van der Waals surface area contributed by atoms with Gasteiger partial charge in [0.15, 0.2) is 6.61 Å². The number of nitriles is 1. The molecule has 0 N–H and O–H groups in total. The van der Waals surface area contributed by atoms with E-state index in [9.17, 15) is 9.59 Å².